The molecule has 1 aromatic heterocycles. The lowest BCUT2D eigenvalue weighted by molar-refractivity contribution is -0.116. The summed E-state index contributed by atoms with van der Waals surface area (Å²) in [7, 11) is -3.87. The van der Waals surface area contributed by atoms with Crippen molar-refractivity contribution in [2.45, 2.75) is 24.7 Å². The number of carbonyl (C=O) groups is 2. The summed E-state index contributed by atoms with van der Waals surface area (Å²) in [5, 5.41) is 4.96. The van der Waals surface area contributed by atoms with Crippen LogP contribution in [0.5, 0.6) is 0 Å². The summed E-state index contributed by atoms with van der Waals surface area (Å²) in [6, 6.07) is 14.4. The Balaban J connectivity index is 1.68. The second-order valence-corrected chi connectivity index (χ2v) is 9.58. The molecule has 3 rings (SSSR count). The molecule has 0 aliphatic rings. The first-order valence-corrected chi connectivity index (χ1v) is 11.7. The number of thiophene rings is 1. The zero-order valence-corrected chi connectivity index (χ0v) is 18.4. The van der Waals surface area contributed by atoms with E-state index in [9.17, 15) is 18.0 Å². The van der Waals surface area contributed by atoms with Crippen molar-refractivity contribution in [3.05, 3.63) is 75.4 Å². The van der Waals surface area contributed by atoms with Crippen LogP contribution in [-0.2, 0) is 14.8 Å². The van der Waals surface area contributed by atoms with Crippen LogP contribution in [0.2, 0.25) is 5.02 Å². The van der Waals surface area contributed by atoms with E-state index in [-0.39, 0.29) is 29.4 Å². The number of ketones is 1. The maximum Gasteiger partial charge on any atom is 0.262 e. The van der Waals surface area contributed by atoms with Gasteiger partial charge in [0, 0.05) is 29.2 Å². The molecule has 0 atom stereocenters. The van der Waals surface area contributed by atoms with Crippen LogP contribution < -0.4 is 10.0 Å². The second kappa shape index (κ2) is 9.42. The van der Waals surface area contributed by atoms with Gasteiger partial charge in [0.05, 0.1) is 9.77 Å². The third-order valence-electron chi connectivity index (χ3n) is 4.23. The van der Waals surface area contributed by atoms with Gasteiger partial charge in [0.2, 0.25) is 5.91 Å². The summed E-state index contributed by atoms with van der Waals surface area (Å²) in [6.45, 7) is 1.67. The van der Waals surface area contributed by atoms with Crippen LogP contribution in [0.4, 0.5) is 11.4 Å². The second-order valence-electron chi connectivity index (χ2n) is 6.54. The van der Waals surface area contributed by atoms with Gasteiger partial charge in [-0.3, -0.25) is 14.3 Å². The number of anilines is 2. The quantitative estimate of drug-likeness (QED) is 0.455. The molecule has 0 saturated carbocycles. The standard InChI is InChI=1S/C21H19ClN2O4S2/c1-14-4-7-17(23-21(26)11-10-18(25)19-3-2-12-29-19)13-20(14)30(27,28)24-16-8-5-15(22)6-9-16/h2-9,12-13,24H,10-11H2,1H3,(H,23,26). The van der Waals surface area contributed by atoms with Gasteiger partial charge in [-0.15, -0.1) is 11.3 Å². The molecule has 0 bridgehead atoms. The monoisotopic (exact) mass is 462 g/mol. The Kier molecular flexibility index (Phi) is 6.91. The number of amides is 1. The Labute approximate surface area is 183 Å². The highest BCUT2D eigenvalue weighted by Crippen LogP contribution is 2.24. The number of hydrogen-bond acceptors (Lipinski definition) is 5. The predicted molar refractivity (Wildman–Crippen MR) is 120 cm³/mol. The van der Waals surface area contributed by atoms with E-state index in [2.05, 4.69) is 10.0 Å². The number of carbonyl (C=O) groups excluding carboxylic acids is 2. The number of nitrogens with one attached hydrogen (secondary N) is 2. The molecule has 30 heavy (non-hydrogen) atoms. The van der Waals surface area contributed by atoms with Gasteiger partial charge in [-0.1, -0.05) is 23.7 Å². The van der Waals surface area contributed by atoms with Crippen molar-refractivity contribution >= 4 is 56.0 Å². The molecule has 2 N–H and O–H groups in total. The van der Waals surface area contributed by atoms with Gasteiger partial charge in [-0.25, -0.2) is 8.42 Å². The molecule has 0 saturated heterocycles. The van der Waals surface area contributed by atoms with Crippen molar-refractivity contribution in [3.8, 4) is 0 Å². The lowest BCUT2D eigenvalue weighted by atomic mass is 10.2. The van der Waals surface area contributed by atoms with Crippen molar-refractivity contribution < 1.29 is 18.0 Å². The molecule has 156 valence electrons. The number of rotatable bonds is 8. The molecule has 3 aromatic rings. The minimum Gasteiger partial charge on any atom is -0.326 e. The van der Waals surface area contributed by atoms with E-state index in [0.717, 1.165) is 0 Å². The first-order chi connectivity index (χ1) is 14.2. The third-order valence-corrected chi connectivity index (χ3v) is 6.92. The highest BCUT2D eigenvalue weighted by Gasteiger charge is 2.18. The highest BCUT2D eigenvalue weighted by molar-refractivity contribution is 7.92. The number of hydrogen-bond donors (Lipinski definition) is 2. The number of Topliss-reactive ketones (excluding diaryl/α,β-unsaturated/α-hetero) is 1. The average Bonchev–Trinajstić information content (AvgIpc) is 3.24. The Bertz CT molecular complexity index is 1160. The fraction of sp³-hybridized carbons (Fsp3) is 0.143. The number of aryl methyl sites for hydroxylation is 1. The molecule has 0 radical (unpaired) electrons. The molecular weight excluding hydrogens is 444 g/mol. The fourth-order valence-electron chi connectivity index (χ4n) is 2.71. The van der Waals surface area contributed by atoms with Crippen molar-refractivity contribution in [1.29, 1.82) is 0 Å². The molecule has 0 spiro atoms. The van der Waals surface area contributed by atoms with E-state index in [1.165, 1.54) is 17.4 Å². The van der Waals surface area contributed by atoms with Crippen molar-refractivity contribution in [1.82, 2.24) is 0 Å². The first kappa shape index (κ1) is 22.0. The van der Waals surface area contributed by atoms with E-state index in [0.29, 0.717) is 26.8 Å². The Morgan fingerprint density at radius 2 is 1.70 bits per heavy atom. The van der Waals surface area contributed by atoms with Crippen LogP contribution in [0.25, 0.3) is 0 Å². The van der Waals surface area contributed by atoms with Gasteiger partial charge in [0.1, 0.15) is 0 Å². The Morgan fingerprint density at radius 1 is 1.00 bits per heavy atom. The van der Waals surface area contributed by atoms with Gasteiger partial charge in [0.25, 0.3) is 10.0 Å². The van der Waals surface area contributed by atoms with Gasteiger partial charge in [-0.05, 0) is 60.3 Å². The van der Waals surface area contributed by atoms with E-state index in [1.54, 1.807) is 60.8 Å². The van der Waals surface area contributed by atoms with Crippen molar-refractivity contribution in [3.63, 3.8) is 0 Å². The van der Waals surface area contributed by atoms with E-state index >= 15 is 0 Å². The molecule has 2 aromatic carbocycles. The normalized spacial score (nSPS) is 11.1. The number of sulfonamides is 1. The van der Waals surface area contributed by atoms with Crippen LogP contribution in [0.3, 0.4) is 0 Å². The molecular formula is C21H19ClN2O4S2. The van der Waals surface area contributed by atoms with E-state index in [4.69, 9.17) is 11.6 Å². The molecule has 0 unspecified atom stereocenters. The molecule has 0 fully saturated rings. The fourth-order valence-corrected chi connectivity index (χ4v) is 4.86. The molecule has 0 aliphatic heterocycles. The largest absolute Gasteiger partial charge is 0.326 e. The number of halogens is 1. The van der Waals surface area contributed by atoms with Crippen molar-refractivity contribution in [2.24, 2.45) is 0 Å². The number of benzene rings is 2. The minimum absolute atomic E-state index is 0.00964. The van der Waals surface area contributed by atoms with E-state index < -0.39 is 10.0 Å². The van der Waals surface area contributed by atoms with E-state index in [1.807, 2.05) is 0 Å². The van der Waals surface area contributed by atoms with Crippen LogP contribution in [0.15, 0.2) is 64.9 Å². The molecule has 1 amide bonds. The zero-order valence-electron chi connectivity index (χ0n) is 16.0. The zero-order chi connectivity index (χ0) is 21.7. The van der Waals surface area contributed by atoms with Crippen LogP contribution in [0.1, 0.15) is 28.1 Å². The molecule has 1 heterocycles. The molecule has 9 heteroatoms. The maximum atomic E-state index is 12.8. The SMILES string of the molecule is Cc1ccc(NC(=O)CCC(=O)c2cccs2)cc1S(=O)(=O)Nc1ccc(Cl)cc1. The lowest BCUT2D eigenvalue weighted by Gasteiger charge is -2.13. The highest BCUT2D eigenvalue weighted by atomic mass is 35.5. The summed E-state index contributed by atoms with van der Waals surface area (Å²) < 4.78 is 28.1. The van der Waals surface area contributed by atoms with Gasteiger partial charge in [-0.2, -0.15) is 0 Å². The van der Waals surface area contributed by atoms with Gasteiger partial charge in [0.15, 0.2) is 5.78 Å². The minimum atomic E-state index is -3.87. The van der Waals surface area contributed by atoms with Crippen LogP contribution in [0, 0.1) is 6.92 Å². The average molecular weight is 463 g/mol. The molecule has 0 aliphatic carbocycles. The maximum absolute atomic E-state index is 12.8. The Hall–Kier alpha value is -2.68. The summed E-state index contributed by atoms with van der Waals surface area (Å²) in [4.78, 5) is 24.9. The summed E-state index contributed by atoms with van der Waals surface area (Å²) in [6.07, 6.45) is 0.0944. The first-order valence-electron chi connectivity index (χ1n) is 9.00. The lowest BCUT2D eigenvalue weighted by Crippen LogP contribution is -2.16. The van der Waals surface area contributed by atoms with Crippen molar-refractivity contribution in [2.75, 3.05) is 10.0 Å². The Morgan fingerprint density at radius 3 is 2.37 bits per heavy atom. The predicted octanol–water partition coefficient (Wildman–Crippen LogP) is 5.11. The summed E-state index contributed by atoms with van der Waals surface area (Å²) in [5.74, 6) is -0.461. The van der Waals surface area contributed by atoms with Gasteiger partial charge < -0.3 is 5.32 Å². The third kappa shape index (κ3) is 5.69. The van der Waals surface area contributed by atoms with Crippen LogP contribution >= 0.6 is 22.9 Å². The van der Waals surface area contributed by atoms with Gasteiger partial charge >= 0.3 is 0 Å². The smallest absolute Gasteiger partial charge is 0.262 e. The van der Waals surface area contributed by atoms with Crippen LogP contribution in [-0.4, -0.2) is 20.1 Å². The molecule has 6 nitrogen and oxygen atoms in total. The summed E-state index contributed by atoms with van der Waals surface area (Å²) >= 11 is 7.16. The summed E-state index contributed by atoms with van der Waals surface area (Å²) in [5.41, 5.74) is 1.24. The topological polar surface area (TPSA) is 92.3 Å².